The van der Waals surface area contributed by atoms with Crippen LogP contribution in [0, 0.1) is 5.92 Å². The first-order valence-electron chi connectivity index (χ1n) is 8.91. The number of carbonyl (C=O) groups is 1. The van der Waals surface area contributed by atoms with Crippen molar-refractivity contribution in [2.75, 3.05) is 26.4 Å². The zero-order valence-electron chi connectivity index (χ0n) is 15.1. The molecular weight excluding hydrogens is 280 g/mol. The SMILES string of the molecule is CCCCCC(C)OC(=O)CCCOCCOCCC(C)C. The molecule has 22 heavy (non-hydrogen) atoms. The van der Waals surface area contributed by atoms with Crippen molar-refractivity contribution in [1.29, 1.82) is 0 Å². The number of hydrogen-bond acceptors (Lipinski definition) is 4. The van der Waals surface area contributed by atoms with Crippen molar-refractivity contribution in [2.45, 2.75) is 78.7 Å². The predicted octanol–water partition coefficient (Wildman–Crippen LogP) is 4.36. The summed E-state index contributed by atoms with van der Waals surface area (Å²) in [5.41, 5.74) is 0. The lowest BCUT2D eigenvalue weighted by molar-refractivity contribution is -0.148. The molecular formula is C18H36O4. The Morgan fingerprint density at radius 2 is 1.55 bits per heavy atom. The molecule has 0 aromatic rings. The first kappa shape index (κ1) is 21.4. The topological polar surface area (TPSA) is 44.8 Å². The fourth-order valence-electron chi connectivity index (χ4n) is 1.98. The minimum atomic E-state index is -0.110. The summed E-state index contributed by atoms with van der Waals surface area (Å²) in [6, 6.07) is 0. The van der Waals surface area contributed by atoms with Gasteiger partial charge in [-0.05, 0) is 38.5 Å². The average molecular weight is 316 g/mol. The highest BCUT2D eigenvalue weighted by Gasteiger charge is 2.08. The predicted molar refractivity (Wildman–Crippen MR) is 90.0 cm³/mol. The molecule has 1 unspecified atom stereocenters. The van der Waals surface area contributed by atoms with E-state index >= 15 is 0 Å². The summed E-state index contributed by atoms with van der Waals surface area (Å²) in [6.45, 7) is 11.1. The molecule has 0 N–H and O–H groups in total. The molecule has 0 aromatic heterocycles. The molecule has 0 aliphatic heterocycles. The van der Waals surface area contributed by atoms with Gasteiger partial charge >= 0.3 is 5.97 Å². The van der Waals surface area contributed by atoms with Gasteiger partial charge in [0.15, 0.2) is 0 Å². The average Bonchev–Trinajstić information content (AvgIpc) is 2.45. The van der Waals surface area contributed by atoms with Crippen LogP contribution in [0.2, 0.25) is 0 Å². The quantitative estimate of drug-likeness (QED) is 0.333. The van der Waals surface area contributed by atoms with E-state index in [1.54, 1.807) is 0 Å². The molecule has 1 atom stereocenters. The maximum atomic E-state index is 11.6. The monoisotopic (exact) mass is 316 g/mol. The van der Waals surface area contributed by atoms with Crippen molar-refractivity contribution in [3.05, 3.63) is 0 Å². The lowest BCUT2D eigenvalue weighted by atomic mass is 10.1. The third-order valence-corrected chi connectivity index (χ3v) is 3.43. The van der Waals surface area contributed by atoms with E-state index in [1.165, 1.54) is 12.8 Å². The Bertz CT molecular complexity index is 253. The molecule has 0 rings (SSSR count). The van der Waals surface area contributed by atoms with Gasteiger partial charge in [-0.3, -0.25) is 4.79 Å². The maximum absolute atomic E-state index is 11.6. The van der Waals surface area contributed by atoms with E-state index in [2.05, 4.69) is 20.8 Å². The molecule has 132 valence electrons. The van der Waals surface area contributed by atoms with Crippen LogP contribution in [-0.4, -0.2) is 38.5 Å². The summed E-state index contributed by atoms with van der Waals surface area (Å²) in [6.07, 6.45) is 6.76. The van der Waals surface area contributed by atoms with Crippen molar-refractivity contribution >= 4 is 5.97 Å². The van der Waals surface area contributed by atoms with Gasteiger partial charge in [0.2, 0.25) is 0 Å². The Hall–Kier alpha value is -0.610. The molecule has 0 heterocycles. The molecule has 0 aliphatic carbocycles. The van der Waals surface area contributed by atoms with Crippen molar-refractivity contribution in [2.24, 2.45) is 5.92 Å². The maximum Gasteiger partial charge on any atom is 0.306 e. The first-order chi connectivity index (χ1) is 10.6. The third kappa shape index (κ3) is 15.8. The molecule has 0 radical (unpaired) electrons. The lowest BCUT2D eigenvalue weighted by Gasteiger charge is -2.13. The number of ether oxygens (including phenoxy) is 3. The van der Waals surface area contributed by atoms with E-state index < -0.39 is 0 Å². The number of unbranched alkanes of at least 4 members (excludes halogenated alkanes) is 2. The number of esters is 1. The van der Waals surface area contributed by atoms with E-state index in [4.69, 9.17) is 14.2 Å². The van der Waals surface area contributed by atoms with Gasteiger partial charge in [0, 0.05) is 19.6 Å². The van der Waals surface area contributed by atoms with E-state index in [0.29, 0.717) is 38.6 Å². The summed E-state index contributed by atoms with van der Waals surface area (Å²) in [5, 5.41) is 0. The zero-order chi connectivity index (χ0) is 16.6. The van der Waals surface area contributed by atoms with Gasteiger partial charge in [0.25, 0.3) is 0 Å². The molecule has 0 saturated heterocycles. The summed E-state index contributed by atoms with van der Waals surface area (Å²) in [4.78, 5) is 11.6. The van der Waals surface area contributed by atoms with Crippen LogP contribution in [-0.2, 0) is 19.0 Å². The lowest BCUT2D eigenvalue weighted by Crippen LogP contribution is -2.15. The van der Waals surface area contributed by atoms with Crippen molar-refractivity contribution in [3.8, 4) is 0 Å². The minimum absolute atomic E-state index is 0.0364. The molecule has 0 spiro atoms. The van der Waals surface area contributed by atoms with Gasteiger partial charge in [-0.25, -0.2) is 0 Å². The Morgan fingerprint density at radius 1 is 0.864 bits per heavy atom. The van der Waals surface area contributed by atoms with Crippen LogP contribution in [0.5, 0.6) is 0 Å². The fraction of sp³-hybridized carbons (Fsp3) is 0.944. The van der Waals surface area contributed by atoms with E-state index in [-0.39, 0.29) is 12.1 Å². The molecule has 0 aliphatic rings. The second-order valence-corrected chi connectivity index (χ2v) is 6.31. The Labute approximate surface area is 136 Å². The van der Waals surface area contributed by atoms with Crippen LogP contribution in [0.15, 0.2) is 0 Å². The Balaban J connectivity index is 3.31. The van der Waals surface area contributed by atoms with Gasteiger partial charge < -0.3 is 14.2 Å². The van der Waals surface area contributed by atoms with Crippen molar-refractivity contribution in [1.82, 2.24) is 0 Å². The second kappa shape index (κ2) is 15.3. The smallest absolute Gasteiger partial charge is 0.306 e. The van der Waals surface area contributed by atoms with Crippen LogP contribution in [0.3, 0.4) is 0 Å². The molecule has 0 saturated carbocycles. The van der Waals surface area contributed by atoms with Gasteiger partial charge in [-0.15, -0.1) is 0 Å². The zero-order valence-corrected chi connectivity index (χ0v) is 15.1. The van der Waals surface area contributed by atoms with Crippen LogP contribution in [0.4, 0.5) is 0 Å². The fourth-order valence-corrected chi connectivity index (χ4v) is 1.98. The molecule has 0 bridgehead atoms. The van der Waals surface area contributed by atoms with Gasteiger partial charge in [-0.1, -0.05) is 33.6 Å². The van der Waals surface area contributed by atoms with Crippen LogP contribution >= 0.6 is 0 Å². The normalized spacial score (nSPS) is 12.6. The summed E-state index contributed by atoms with van der Waals surface area (Å²) >= 11 is 0. The van der Waals surface area contributed by atoms with Gasteiger partial charge in [0.1, 0.15) is 0 Å². The van der Waals surface area contributed by atoms with Gasteiger partial charge in [-0.2, -0.15) is 0 Å². The highest BCUT2D eigenvalue weighted by molar-refractivity contribution is 5.69. The molecule has 0 aromatic carbocycles. The second-order valence-electron chi connectivity index (χ2n) is 6.31. The molecule has 4 nitrogen and oxygen atoms in total. The largest absolute Gasteiger partial charge is 0.463 e. The molecule has 0 fully saturated rings. The first-order valence-corrected chi connectivity index (χ1v) is 8.91. The standard InChI is InChI=1S/C18H36O4/c1-5-6-7-9-17(4)22-18(19)10-8-12-20-14-15-21-13-11-16(2)3/h16-17H,5-15H2,1-4H3. The minimum Gasteiger partial charge on any atom is -0.463 e. The Kier molecular flexibility index (Phi) is 14.9. The number of rotatable bonds is 15. The van der Waals surface area contributed by atoms with Crippen LogP contribution in [0.25, 0.3) is 0 Å². The van der Waals surface area contributed by atoms with Gasteiger partial charge in [0.05, 0.1) is 19.3 Å². The summed E-state index contributed by atoms with van der Waals surface area (Å²) in [7, 11) is 0. The van der Waals surface area contributed by atoms with E-state index in [9.17, 15) is 4.79 Å². The van der Waals surface area contributed by atoms with E-state index in [0.717, 1.165) is 25.9 Å². The van der Waals surface area contributed by atoms with Crippen LogP contribution in [0.1, 0.15) is 72.6 Å². The highest BCUT2D eigenvalue weighted by atomic mass is 16.5. The number of hydrogen-bond donors (Lipinski definition) is 0. The van der Waals surface area contributed by atoms with Crippen LogP contribution < -0.4 is 0 Å². The molecule has 0 amide bonds. The molecule has 4 heteroatoms. The van der Waals surface area contributed by atoms with E-state index in [1.807, 2.05) is 6.92 Å². The third-order valence-electron chi connectivity index (χ3n) is 3.43. The summed E-state index contributed by atoms with van der Waals surface area (Å²) in [5.74, 6) is 0.567. The summed E-state index contributed by atoms with van der Waals surface area (Å²) < 4.78 is 16.3. The van der Waals surface area contributed by atoms with Crippen molar-refractivity contribution < 1.29 is 19.0 Å². The Morgan fingerprint density at radius 3 is 2.18 bits per heavy atom. The van der Waals surface area contributed by atoms with Crippen molar-refractivity contribution in [3.63, 3.8) is 0 Å². The highest BCUT2D eigenvalue weighted by Crippen LogP contribution is 2.07. The number of carbonyl (C=O) groups excluding carboxylic acids is 1.